The van der Waals surface area contributed by atoms with Gasteiger partial charge in [0.1, 0.15) is 0 Å². The lowest BCUT2D eigenvalue weighted by molar-refractivity contribution is -0.499. The van der Waals surface area contributed by atoms with Crippen molar-refractivity contribution in [2.75, 3.05) is 13.2 Å². The zero-order chi connectivity index (χ0) is 14.5. The highest BCUT2D eigenvalue weighted by Gasteiger charge is 2.43. The van der Waals surface area contributed by atoms with E-state index in [1.807, 2.05) is 0 Å². The number of carbonyl (C=O) groups excluding carboxylic acids is 1. The van der Waals surface area contributed by atoms with E-state index in [1.54, 1.807) is 6.92 Å². The van der Waals surface area contributed by atoms with Crippen molar-refractivity contribution < 1.29 is 14.5 Å². The van der Waals surface area contributed by atoms with E-state index in [0.29, 0.717) is 18.4 Å². The summed E-state index contributed by atoms with van der Waals surface area (Å²) in [5.74, 6) is 0.686. The summed E-state index contributed by atoms with van der Waals surface area (Å²) in [5.41, 5.74) is -0.497. The minimum absolute atomic E-state index is 0.116. The predicted octanol–water partition coefficient (Wildman–Crippen LogP) is 3.05. The number of nitrogens with zero attached hydrogens (tertiary/aromatic N) is 1. The molecule has 1 aliphatic rings. The van der Waals surface area contributed by atoms with Crippen LogP contribution in [0.1, 0.15) is 52.9 Å². The van der Waals surface area contributed by atoms with Crippen LogP contribution in [0.15, 0.2) is 0 Å². The van der Waals surface area contributed by atoms with Crippen LogP contribution in [0.3, 0.4) is 0 Å². The van der Waals surface area contributed by atoms with Gasteiger partial charge in [0.15, 0.2) is 0 Å². The third-order valence-electron chi connectivity index (χ3n) is 4.21. The Morgan fingerprint density at radius 2 is 2.21 bits per heavy atom. The molecule has 1 fully saturated rings. The summed E-state index contributed by atoms with van der Waals surface area (Å²) < 4.78 is 4.99. The average Bonchev–Trinajstić information content (AvgIpc) is 2.27. The lowest BCUT2D eigenvalue weighted by Crippen LogP contribution is -2.39. The summed E-state index contributed by atoms with van der Waals surface area (Å²) in [5, 5.41) is 10.9. The Labute approximate surface area is 114 Å². The molecule has 0 aromatic carbocycles. The molecule has 0 bridgehead atoms. The monoisotopic (exact) mass is 271 g/mol. The van der Waals surface area contributed by atoms with Crippen molar-refractivity contribution in [1.82, 2.24) is 0 Å². The Hall–Kier alpha value is -1.13. The van der Waals surface area contributed by atoms with Gasteiger partial charge in [-0.1, -0.05) is 26.7 Å². The van der Waals surface area contributed by atoms with Crippen molar-refractivity contribution >= 4 is 5.97 Å². The van der Waals surface area contributed by atoms with Gasteiger partial charge in [-0.05, 0) is 31.6 Å². The molecule has 0 radical (unpaired) electrons. The molecule has 0 aromatic rings. The highest BCUT2D eigenvalue weighted by atomic mass is 16.6. The smallest absolute Gasteiger partial charge is 0.306 e. The molecule has 1 saturated carbocycles. The van der Waals surface area contributed by atoms with Crippen molar-refractivity contribution in [1.29, 1.82) is 0 Å². The van der Waals surface area contributed by atoms with Crippen molar-refractivity contribution in [3.05, 3.63) is 10.1 Å². The molecule has 0 spiro atoms. The van der Waals surface area contributed by atoms with Crippen LogP contribution in [-0.2, 0) is 9.53 Å². The first kappa shape index (κ1) is 15.9. The second-order valence-electron chi connectivity index (χ2n) is 6.07. The maximum atomic E-state index is 11.7. The summed E-state index contributed by atoms with van der Waals surface area (Å²) in [6, 6.07) is 0. The lowest BCUT2D eigenvalue weighted by Gasteiger charge is -2.39. The molecule has 1 aliphatic carbocycles. The molecule has 19 heavy (non-hydrogen) atoms. The Morgan fingerprint density at radius 3 is 2.74 bits per heavy atom. The predicted molar refractivity (Wildman–Crippen MR) is 72.3 cm³/mol. The molecular formula is C14H25NO4. The molecule has 0 aromatic heterocycles. The van der Waals surface area contributed by atoms with Crippen LogP contribution < -0.4 is 0 Å². The molecule has 1 rings (SSSR count). The first-order valence-electron chi connectivity index (χ1n) is 7.16. The maximum Gasteiger partial charge on any atom is 0.306 e. The number of nitro groups is 1. The summed E-state index contributed by atoms with van der Waals surface area (Å²) in [6.07, 6.45) is 3.79. The van der Waals surface area contributed by atoms with Gasteiger partial charge < -0.3 is 4.74 Å². The molecule has 110 valence electrons. The van der Waals surface area contributed by atoms with Crippen LogP contribution in [0.5, 0.6) is 0 Å². The minimum Gasteiger partial charge on any atom is -0.466 e. The Balaban J connectivity index is 2.79. The Morgan fingerprint density at radius 1 is 1.53 bits per heavy atom. The largest absolute Gasteiger partial charge is 0.466 e. The number of carbonyl (C=O) groups is 1. The minimum atomic E-state index is -0.497. The molecule has 0 unspecified atom stereocenters. The van der Waals surface area contributed by atoms with Crippen molar-refractivity contribution in [2.24, 2.45) is 17.3 Å². The number of ether oxygens (including phenoxy) is 1. The van der Waals surface area contributed by atoms with Gasteiger partial charge in [0, 0.05) is 10.3 Å². The van der Waals surface area contributed by atoms with Gasteiger partial charge in [-0.15, -0.1) is 0 Å². The number of rotatable bonds is 6. The highest BCUT2D eigenvalue weighted by Crippen LogP contribution is 2.44. The standard InChI is InChI=1S/C14H25NO4/c1-4-19-13(16)9-14(10-15(17)18)7-5-6-12(8-14)11(2)3/h11-12H,4-10H2,1-3H3/t12-,14+/m1/s1. The number of hydrogen-bond donors (Lipinski definition) is 0. The second-order valence-corrected chi connectivity index (χ2v) is 6.07. The van der Waals surface area contributed by atoms with Crippen LogP contribution in [-0.4, -0.2) is 24.0 Å². The molecule has 2 atom stereocenters. The molecule has 0 N–H and O–H groups in total. The first-order chi connectivity index (χ1) is 8.88. The molecule has 5 heteroatoms. The maximum absolute atomic E-state index is 11.7. The molecule has 0 saturated heterocycles. The van der Waals surface area contributed by atoms with Gasteiger partial charge in [0.05, 0.1) is 13.0 Å². The van der Waals surface area contributed by atoms with Gasteiger partial charge in [-0.25, -0.2) is 0 Å². The summed E-state index contributed by atoms with van der Waals surface area (Å²) in [4.78, 5) is 22.4. The Kier molecular flexibility index (Phi) is 5.76. The normalized spacial score (nSPS) is 27.3. The Bertz CT molecular complexity index is 329. The average molecular weight is 271 g/mol. The van der Waals surface area contributed by atoms with Crippen molar-refractivity contribution in [3.8, 4) is 0 Å². The van der Waals surface area contributed by atoms with Crippen molar-refractivity contribution in [3.63, 3.8) is 0 Å². The van der Waals surface area contributed by atoms with Gasteiger partial charge in [0.2, 0.25) is 6.54 Å². The summed E-state index contributed by atoms with van der Waals surface area (Å²) >= 11 is 0. The molecule has 0 amide bonds. The third kappa shape index (κ3) is 4.80. The SMILES string of the molecule is CCOC(=O)C[C@]1(C[N+](=O)[O-])CCC[C@@H](C(C)C)C1. The number of esters is 1. The molecule has 0 aliphatic heterocycles. The van der Waals surface area contributed by atoms with E-state index in [4.69, 9.17) is 4.74 Å². The summed E-state index contributed by atoms with van der Waals surface area (Å²) in [6.45, 7) is 6.28. The first-order valence-corrected chi connectivity index (χ1v) is 7.16. The van der Waals surface area contributed by atoms with Gasteiger partial charge in [-0.3, -0.25) is 14.9 Å². The third-order valence-corrected chi connectivity index (χ3v) is 4.21. The number of hydrogen-bond acceptors (Lipinski definition) is 4. The summed E-state index contributed by atoms with van der Waals surface area (Å²) in [7, 11) is 0. The zero-order valence-corrected chi connectivity index (χ0v) is 12.2. The van der Waals surface area contributed by atoms with Crippen LogP contribution in [0.25, 0.3) is 0 Å². The van der Waals surface area contributed by atoms with Gasteiger partial charge >= 0.3 is 5.97 Å². The fraction of sp³-hybridized carbons (Fsp3) is 0.929. The van der Waals surface area contributed by atoms with E-state index in [-0.39, 0.29) is 23.9 Å². The second kappa shape index (κ2) is 6.87. The fourth-order valence-electron chi connectivity index (χ4n) is 3.22. The van der Waals surface area contributed by atoms with E-state index in [9.17, 15) is 14.9 Å². The topological polar surface area (TPSA) is 69.4 Å². The van der Waals surface area contributed by atoms with Crippen LogP contribution >= 0.6 is 0 Å². The van der Waals surface area contributed by atoms with E-state index in [1.165, 1.54) is 0 Å². The van der Waals surface area contributed by atoms with Crippen LogP contribution in [0.2, 0.25) is 0 Å². The quantitative estimate of drug-likeness (QED) is 0.423. The van der Waals surface area contributed by atoms with E-state index < -0.39 is 5.41 Å². The molecule has 0 heterocycles. The van der Waals surface area contributed by atoms with Gasteiger partial charge in [0.25, 0.3) is 0 Å². The lowest BCUT2D eigenvalue weighted by atomic mass is 9.65. The van der Waals surface area contributed by atoms with E-state index in [0.717, 1.165) is 25.7 Å². The molecule has 5 nitrogen and oxygen atoms in total. The zero-order valence-electron chi connectivity index (χ0n) is 12.2. The van der Waals surface area contributed by atoms with Crippen LogP contribution in [0, 0.1) is 27.4 Å². The van der Waals surface area contributed by atoms with E-state index >= 15 is 0 Å². The van der Waals surface area contributed by atoms with Crippen molar-refractivity contribution in [2.45, 2.75) is 52.9 Å². The fourth-order valence-corrected chi connectivity index (χ4v) is 3.22. The van der Waals surface area contributed by atoms with E-state index in [2.05, 4.69) is 13.8 Å². The van der Waals surface area contributed by atoms with Crippen LogP contribution in [0.4, 0.5) is 0 Å². The molecular weight excluding hydrogens is 246 g/mol. The van der Waals surface area contributed by atoms with Gasteiger partial charge in [-0.2, -0.15) is 0 Å². The highest BCUT2D eigenvalue weighted by molar-refractivity contribution is 5.70.